The van der Waals surface area contributed by atoms with Crippen LogP contribution in [0.4, 0.5) is 0 Å². The summed E-state index contributed by atoms with van der Waals surface area (Å²) >= 11 is 0. The molecule has 0 atom stereocenters. The van der Waals surface area contributed by atoms with E-state index in [1.54, 1.807) is 48.5 Å². The number of rotatable bonds is 6. The van der Waals surface area contributed by atoms with Crippen LogP contribution in [0.5, 0.6) is 0 Å². The lowest BCUT2D eigenvalue weighted by Gasteiger charge is -2.14. The van der Waals surface area contributed by atoms with Gasteiger partial charge in [0.05, 0.1) is 24.2 Å². The zero-order chi connectivity index (χ0) is 19.7. The number of hydrogen-bond donors (Lipinski definition) is 2. The second-order valence-electron chi connectivity index (χ2n) is 6.97. The minimum atomic E-state index is -0.379. The van der Waals surface area contributed by atoms with Gasteiger partial charge in [-0.2, -0.15) is 0 Å². The van der Waals surface area contributed by atoms with Crippen molar-refractivity contribution in [1.82, 2.24) is 15.5 Å². The fourth-order valence-corrected chi connectivity index (χ4v) is 3.15. The van der Waals surface area contributed by atoms with Crippen LogP contribution in [0.15, 0.2) is 48.5 Å². The summed E-state index contributed by atoms with van der Waals surface area (Å²) in [7, 11) is 0. The normalized spacial score (nSPS) is 15.4. The second kappa shape index (κ2) is 7.26. The lowest BCUT2D eigenvalue weighted by molar-refractivity contribution is -0.120. The standard InChI is InChI=1S/C21H19N3O4/c25-18(23-15-8-9-15)11-22-19(26)14-5-3-4-13(10-14)12-24-20(27)16-6-1-2-7-17(16)21(24)28/h1-7,10,15H,8-9,11-12H2,(H,22,26)(H,23,25). The van der Waals surface area contributed by atoms with Crippen molar-refractivity contribution in [3.63, 3.8) is 0 Å². The Labute approximate surface area is 161 Å². The molecule has 142 valence electrons. The van der Waals surface area contributed by atoms with Crippen LogP contribution < -0.4 is 10.6 Å². The van der Waals surface area contributed by atoms with E-state index in [0.717, 1.165) is 12.8 Å². The first-order chi connectivity index (χ1) is 13.5. The molecule has 0 spiro atoms. The van der Waals surface area contributed by atoms with Gasteiger partial charge in [0.2, 0.25) is 5.91 Å². The van der Waals surface area contributed by atoms with Gasteiger partial charge in [0, 0.05) is 11.6 Å². The molecule has 7 nitrogen and oxygen atoms in total. The maximum atomic E-state index is 12.5. The Kier molecular flexibility index (Phi) is 4.65. The van der Waals surface area contributed by atoms with Gasteiger partial charge in [0.15, 0.2) is 0 Å². The third kappa shape index (κ3) is 3.64. The molecule has 0 radical (unpaired) electrons. The molecule has 0 bridgehead atoms. The quantitative estimate of drug-likeness (QED) is 0.746. The molecule has 4 rings (SSSR count). The molecule has 0 unspecified atom stereocenters. The van der Waals surface area contributed by atoms with Crippen molar-refractivity contribution in [3.8, 4) is 0 Å². The highest BCUT2D eigenvalue weighted by atomic mass is 16.2. The molecule has 2 aromatic carbocycles. The lowest BCUT2D eigenvalue weighted by atomic mass is 10.1. The molecular formula is C21H19N3O4. The summed E-state index contributed by atoms with van der Waals surface area (Å²) in [5, 5.41) is 5.39. The number of fused-ring (bicyclic) bond motifs is 1. The number of nitrogens with one attached hydrogen (secondary N) is 2. The van der Waals surface area contributed by atoms with Crippen molar-refractivity contribution in [2.45, 2.75) is 25.4 Å². The molecule has 2 aliphatic rings. The number of amides is 4. The fourth-order valence-electron chi connectivity index (χ4n) is 3.15. The zero-order valence-electron chi connectivity index (χ0n) is 15.1. The fraction of sp³-hybridized carbons (Fsp3) is 0.238. The molecular weight excluding hydrogens is 358 g/mol. The number of nitrogens with zero attached hydrogens (tertiary/aromatic N) is 1. The largest absolute Gasteiger partial charge is 0.352 e. The Bertz CT molecular complexity index is 946. The molecule has 28 heavy (non-hydrogen) atoms. The molecule has 2 aromatic rings. The molecule has 0 saturated heterocycles. The molecule has 1 fully saturated rings. The van der Waals surface area contributed by atoms with Gasteiger partial charge in [-0.25, -0.2) is 0 Å². The van der Waals surface area contributed by atoms with Gasteiger partial charge in [-0.05, 0) is 42.7 Å². The average molecular weight is 377 g/mol. The van der Waals surface area contributed by atoms with E-state index in [9.17, 15) is 19.2 Å². The van der Waals surface area contributed by atoms with Crippen molar-refractivity contribution in [1.29, 1.82) is 0 Å². The van der Waals surface area contributed by atoms with Crippen LogP contribution >= 0.6 is 0 Å². The van der Waals surface area contributed by atoms with Crippen LogP contribution in [-0.4, -0.2) is 41.1 Å². The van der Waals surface area contributed by atoms with E-state index in [2.05, 4.69) is 10.6 Å². The summed E-state index contributed by atoms with van der Waals surface area (Å²) in [5.41, 5.74) is 1.81. The second-order valence-corrected chi connectivity index (χ2v) is 6.97. The minimum Gasteiger partial charge on any atom is -0.352 e. The third-order valence-electron chi connectivity index (χ3n) is 4.76. The lowest BCUT2D eigenvalue weighted by Crippen LogP contribution is -2.37. The topological polar surface area (TPSA) is 95.6 Å². The van der Waals surface area contributed by atoms with Crippen molar-refractivity contribution in [2.75, 3.05) is 6.54 Å². The van der Waals surface area contributed by atoms with E-state index in [0.29, 0.717) is 22.3 Å². The van der Waals surface area contributed by atoms with Crippen molar-refractivity contribution < 1.29 is 19.2 Å². The summed E-state index contributed by atoms with van der Waals surface area (Å²) in [6.45, 7) is -0.00635. The van der Waals surface area contributed by atoms with Crippen molar-refractivity contribution >= 4 is 23.6 Å². The third-order valence-corrected chi connectivity index (χ3v) is 4.76. The Morgan fingerprint density at radius 2 is 1.64 bits per heavy atom. The summed E-state index contributed by atoms with van der Waals surface area (Å²) < 4.78 is 0. The monoisotopic (exact) mass is 377 g/mol. The highest BCUT2D eigenvalue weighted by Gasteiger charge is 2.35. The van der Waals surface area contributed by atoms with Crippen LogP contribution in [0.25, 0.3) is 0 Å². The SMILES string of the molecule is O=C(CNC(=O)c1cccc(CN2C(=O)c3ccccc3C2=O)c1)NC1CC1. The summed E-state index contributed by atoms with van der Waals surface area (Å²) in [6.07, 6.45) is 1.97. The van der Waals surface area contributed by atoms with Crippen molar-refractivity contribution in [3.05, 3.63) is 70.8 Å². The molecule has 1 heterocycles. The van der Waals surface area contributed by atoms with E-state index in [4.69, 9.17) is 0 Å². The highest BCUT2D eigenvalue weighted by molar-refractivity contribution is 6.21. The number of carbonyl (C=O) groups excluding carboxylic acids is 4. The van der Waals surface area contributed by atoms with Crippen LogP contribution in [-0.2, 0) is 11.3 Å². The van der Waals surface area contributed by atoms with Gasteiger partial charge in [-0.1, -0.05) is 24.3 Å². The highest BCUT2D eigenvalue weighted by Crippen LogP contribution is 2.24. The average Bonchev–Trinajstić information content (AvgIpc) is 3.49. The van der Waals surface area contributed by atoms with Crippen LogP contribution in [0.3, 0.4) is 0 Å². The van der Waals surface area contributed by atoms with Gasteiger partial charge < -0.3 is 10.6 Å². The zero-order valence-corrected chi connectivity index (χ0v) is 15.1. The molecule has 7 heteroatoms. The first-order valence-electron chi connectivity index (χ1n) is 9.14. The molecule has 2 N–H and O–H groups in total. The van der Waals surface area contributed by atoms with Crippen molar-refractivity contribution in [2.24, 2.45) is 0 Å². The van der Waals surface area contributed by atoms with Gasteiger partial charge in [0.25, 0.3) is 17.7 Å². The minimum absolute atomic E-state index is 0.0790. The maximum Gasteiger partial charge on any atom is 0.261 e. The van der Waals surface area contributed by atoms with E-state index in [-0.39, 0.29) is 42.8 Å². The van der Waals surface area contributed by atoms with Crippen LogP contribution in [0.2, 0.25) is 0 Å². The number of hydrogen-bond acceptors (Lipinski definition) is 4. The summed E-state index contributed by atoms with van der Waals surface area (Å²) in [4.78, 5) is 50.1. The maximum absolute atomic E-state index is 12.5. The Hall–Kier alpha value is -3.48. The molecule has 1 aliphatic heterocycles. The summed E-state index contributed by atoms with van der Waals surface area (Å²) in [5.74, 6) is -1.27. The molecule has 4 amide bonds. The van der Waals surface area contributed by atoms with E-state index < -0.39 is 0 Å². The molecule has 1 aliphatic carbocycles. The predicted octanol–water partition coefficient (Wildman–Crippen LogP) is 1.49. The Balaban J connectivity index is 1.41. The molecule has 1 saturated carbocycles. The van der Waals surface area contributed by atoms with Gasteiger partial charge in [-0.15, -0.1) is 0 Å². The number of carbonyl (C=O) groups is 4. The van der Waals surface area contributed by atoms with Gasteiger partial charge in [-0.3, -0.25) is 24.1 Å². The molecule has 0 aromatic heterocycles. The van der Waals surface area contributed by atoms with E-state index in [1.165, 1.54) is 4.90 Å². The number of benzene rings is 2. The first kappa shape index (κ1) is 17.9. The Morgan fingerprint density at radius 1 is 0.964 bits per heavy atom. The van der Waals surface area contributed by atoms with E-state index >= 15 is 0 Å². The van der Waals surface area contributed by atoms with E-state index in [1.807, 2.05) is 0 Å². The van der Waals surface area contributed by atoms with Gasteiger partial charge in [0.1, 0.15) is 0 Å². The summed E-state index contributed by atoms with van der Waals surface area (Å²) in [6, 6.07) is 13.6. The number of imide groups is 1. The van der Waals surface area contributed by atoms with Gasteiger partial charge >= 0.3 is 0 Å². The first-order valence-corrected chi connectivity index (χ1v) is 9.14. The van der Waals surface area contributed by atoms with Crippen LogP contribution in [0.1, 0.15) is 49.5 Å². The Morgan fingerprint density at radius 3 is 2.29 bits per heavy atom. The smallest absolute Gasteiger partial charge is 0.261 e. The predicted molar refractivity (Wildman–Crippen MR) is 101 cm³/mol. The van der Waals surface area contributed by atoms with Crippen LogP contribution in [0, 0.1) is 0 Å².